The molecule has 80 valence electrons. The highest BCUT2D eigenvalue weighted by Gasteiger charge is 2.23. The smallest absolute Gasteiger partial charge is 0.392 e. The van der Waals surface area contributed by atoms with E-state index in [0.29, 0.717) is 5.56 Å². The van der Waals surface area contributed by atoms with Gasteiger partial charge in [-0.2, -0.15) is 13.2 Å². The normalized spacial score (nSPS) is 10.7. The Morgan fingerprint density at radius 2 is 2.00 bits per heavy atom. The molecule has 0 spiro atoms. The molecule has 5 heteroatoms. The molecule has 0 saturated heterocycles. The molecule has 0 fully saturated rings. The Labute approximate surface area is 89.5 Å². The van der Waals surface area contributed by atoms with Gasteiger partial charge >= 0.3 is 6.18 Å². The van der Waals surface area contributed by atoms with Crippen LogP contribution in [0.4, 0.5) is 13.2 Å². The molecule has 0 heterocycles. The Morgan fingerprint density at radius 3 is 2.47 bits per heavy atom. The minimum absolute atomic E-state index is 0.0891. The van der Waals surface area contributed by atoms with Crippen molar-refractivity contribution < 1.29 is 18.3 Å². The molecule has 0 amide bonds. The SMILES string of the molecule is OCc1ccc(C#CC(F)(F)F)c(Cl)c1. The van der Waals surface area contributed by atoms with E-state index in [1.165, 1.54) is 18.2 Å². The van der Waals surface area contributed by atoms with Gasteiger partial charge in [-0.15, -0.1) is 0 Å². The van der Waals surface area contributed by atoms with Crippen molar-refractivity contribution in [3.8, 4) is 11.8 Å². The number of benzene rings is 1. The summed E-state index contributed by atoms with van der Waals surface area (Å²) < 4.78 is 35.3. The highest BCUT2D eigenvalue weighted by atomic mass is 35.5. The van der Waals surface area contributed by atoms with E-state index in [1.807, 2.05) is 5.92 Å². The number of aliphatic hydroxyl groups excluding tert-OH is 1. The summed E-state index contributed by atoms with van der Waals surface area (Å²) in [5.41, 5.74) is 0.615. The van der Waals surface area contributed by atoms with Gasteiger partial charge in [0.2, 0.25) is 0 Å². The van der Waals surface area contributed by atoms with E-state index in [1.54, 1.807) is 0 Å². The van der Waals surface area contributed by atoms with Gasteiger partial charge in [0.1, 0.15) is 0 Å². The predicted octanol–water partition coefficient (Wildman–Crippen LogP) is 2.75. The van der Waals surface area contributed by atoms with Gasteiger partial charge in [-0.1, -0.05) is 23.6 Å². The second kappa shape index (κ2) is 4.56. The molecule has 1 N–H and O–H groups in total. The molecular weight excluding hydrogens is 229 g/mol. The standard InChI is InChI=1S/C10H6ClF3O/c11-9-5-7(6-15)1-2-8(9)3-4-10(12,13)14/h1-2,5,15H,6H2. The minimum Gasteiger partial charge on any atom is -0.392 e. The lowest BCUT2D eigenvalue weighted by Crippen LogP contribution is -2.01. The molecule has 0 radical (unpaired) electrons. The quantitative estimate of drug-likeness (QED) is 0.741. The van der Waals surface area contributed by atoms with Crippen LogP contribution in [0.1, 0.15) is 11.1 Å². The molecule has 1 nitrogen and oxygen atoms in total. The molecule has 1 aromatic carbocycles. The Balaban J connectivity index is 3.01. The maximum absolute atomic E-state index is 11.8. The van der Waals surface area contributed by atoms with Gasteiger partial charge < -0.3 is 5.11 Å². The van der Waals surface area contributed by atoms with Gasteiger partial charge in [-0.25, -0.2) is 0 Å². The van der Waals surface area contributed by atoms with Gasteiger partial charge in [-0.3, -0.25) is 0 Å². The lowest BCUT2D eigenvalue weighted by Gasteiger charge is -1.99. The first-order valence-corrected chi connectivity index (χ1v) is 4.29. The summed E-state index contributed by atoms with van der Waals surface area (Å²) in [5, 5.41) is 8.83. The second-order valence-electron chi connectivity index (χ2n) is 2.72. The van der Waals surface area contributed by atoms with E-state index in [-0.39, 0.29) is 17.2 Å². The van der Waals surface area contributed by atoms with Crippen molar-refractivity contribution in [3.63, 3.8) is 0 Å². The first-order valence-electron chi connectivity index (χ1n) is 3.91. The van der Waals surface area contributed by atoms with E-state index in [0.717, 1.165) is 5.92 Å². The summed E-state index contributed by atoms with van der Waals surface area (Å²) in [6.45, 7) is -0.216. The van der Waals surface area contributed by atoms with Crippen LogP contribution in [0, 0.1) is 11.8 Å². The Bertz CT molecular complexity index is 415. The summed E-state index contributed by atoms with van der Waals surface area (Å²) in [6, 6.07) is 4.18. The number of rotatable bonds is 1. The molecule has 0 saturated carbocycles. The molecular formula is C10H6ClF3O. The Kier molecular flexibility index (Phi) is 3.61. The predicted molar refractivity (Wildman–Crippen MR) is 50.3 cm³/mol. The van der Waals surface area contributed by atoms with Crippen LogP contribution < -0.4 is 0 Å². The average molecular weight is 235 g/mol. The fourth-order valence-corrected chi connectivity index (χ4v) is 1.15. The van der Waals surface area contributed by atoms with Crippen LogP contribution in [-0.4, -0.2) is 11.3 Å². The van der Waals surface area contributed by atoms with Crippen molar-refractivity contribution in [2.75, 3.05) is 0 Å². The lowest BCUT2D eigenvalue weighted by atomic mass is 10.1. The molecule has 0 aliphatic rings. The van der Waals surface area contributed by atoms with Crippen molar-refractivity contribution in [2.24, 2.45) is 0 Å². The number of halogens is 4. The zero-order valence-corrected chi connectivity index (χ0v) is 8.15. The van der Waals surface area contributed by atoms with Crippen LogP contribution in [-0.2, 0) is 6.61 Å². The summed E-state index contributed by atoms with van der Waals surface area (Å²) in [5.74, 6) is 3.04. The highest BCUT2D eigenvalue weighted by Crippen LogP contribution is 2.18. The van der Waals surface area contributed by atoms with E-state index < -0.39 is 6.18 Å². The van der Waals surface area contributed by atoms with Crippen LogP contribution in [0.15, 0.2) is 18.2 Å². The average Bonchev–Trinajstić information content (AvgIpc) is 2.14. The fraction of sp³-hybridized carbons (Fsp3) is 0.200. The molecule has 0 aromatic heterocycles. The highest BCUT2D eigenvalue weighted by molar-refractivity contribution is 6.31. The monoisotopic (exact) mass is 234 g/mol. The molecule has 0 unspecified atom stereocenters. The molecule has 0 aliphatic heterocycles. The summed E-state index contributed by atoms with van der Waals surface area (Å²) in [7, 11) is 0. The molecule has 0 atom stereocenters. The largest absolute Gasteiger partial charge is 0.458 e. The Morgan fingerprint density at radius 1 is 1.33 bits per heavy atom. The molecule has 0 aliphatic carbocycles. The summed E-state index contributed by atoms with van der Waals surface area (Å²) in [4.78, 5) is 0. The molecule has 0 bridgehead atoms. The summed E-state index contributed by atoms with van der Waals surface area (Å²) in [6.07, 6.45) is -4.53. The topological polar surface area (TPSA) is 20.2 Å². The lowest BCUT2D eigenvalue weighted by molar-refractivity contribution is -0.0696. The third-order valence-corrected chi connectivity index (χ3v) is 1.87. The van der Waals surface area contributed by atoms with Crippen molar-refractivity contribution in [3.05, 3.63) is 34.3 Å². The maximum atomic E-state index is 11.8. The van der Waals surface area contributed by atoms with Gasteiger partial charge in [0.25, 0.3) is 0 Å². The number of hydrogen-bond donors (Lipinski definition) is 1. The van der Waals surface area contributed by atoms with Crippen molar-refractivity contribution >= 4 is 11.6 Å². The van der Waals surface area contributed by atoms with Crippen molar-refractivity contribution in [1.82, 2.24) is 0 Å². The van der Waals surface area contributed by atoms with Crippen LogP contribution in [0.2, 0.25) is 5.02 Å². The van der Waals surface area contributed by atoms with Crippen LogP contribution in [0.5, 0.6) is 0 Å². The molecule has 1 rings (SSSR count). The fourth-order valence-electron chi connectivity index (χ4n) is 0.897. The van der Waals surface area contributed by atoms with Crippen molar-refractivity contribution in [1.29, 1.82) is 0 Å². The zero-order chi connectivity index (χ0) is 11.5. The van der Waals surface area contributed by atoms with Crippen LogP contribution in [0.3, 0.4) is 0 Å². The number of alkyl halides is 3. The minimum atomic E-state index is -4.53. The zero-order valence-electron chi connectivity index (χ0n) is 7.40. The van der Waals surface area contributed by atoms with Crippen LogP contribution >= 0.6 is 11.6 Å². The van der Waals surface area contributed by atoms with E-state index in [4.69, 9.17) is 16.7 Å². The van der Waals surface area contributed by atoms with Crippen molar-refractivity contribution in [2.45, 2.75) is 12.8 Å². The second-order valence-corrected chi connectivity index (χ2v) is 3.13. The van der Waals surface area contributed by atoms with Gasteiger partial charge in [0.15, 0.2) is 0 Å². The Hall–Kier alpha value is -1.18. The number of aliphatic hydroxyl groups is 1. The van der Waals surface area contributed by atoms with E-state index >= 15 is 0 Å². The molecule has 15 heavy (non-hydrogen) atoms. The van der Waals surface area contributed by atoms with Gasteiger partial charge in [-0.05, 0) is 17.7 Å². The van der Waals surface area contributed by atoms with Gasteiger partial charge in [0.05, 0.1) is 11.6 Å². The first kappa shape index (κ1) is 11.9. The maximum Gasteiger partial charge on any atom is 0.458 e. The third kappa shape index (κ3) is 3.82. The first-order chi connectivity index (χ1) is 6.92. The van der Waals surface area contributed by atoms with Crippen LogP contribution in [0.25, 0.3) is 0 Å². The van der Waals surface area contributed by atoms with Gasteiger partial charge in [0, 0.05) is 11.5 Å². The molecule has 1 aromatic rings. The third-order valence-electron chi connectivity index (χ3n) is 1.55. The van der Waals surface area contributed by atoms with E-state index in [9.17, 15) is 13.2 Å². The summed E-state index contributed by atoms with van der Waals surface area (Å²) >= 11 is 5.66. The number of hydrogen-bond acceptors (Lipinski definition) is 1. The van der Waals surface area contributed by atoms with E-state index in [2.05, 4.69) is 0 Å².